The predicted molar refractivity (Wildman–Crippen MR) is 137 cm³/mol. The van der Waals surface area contributed by atoms with Gasteiger partial charge in [-0.3, -0.25) is 9.78 Å². The second kappa shape index (κ2) is 9.70. The number of pyridine rings is 2. The third kappa shape index (κ3) is 4.80. The van der Waals surface area contributed by atoms with Crippen molar-refractivity contribution in [1.29, 1.82) is 0 Å². The van der Waals surface area contributed by atoms with Crippen molar-refractivity contribution in [2.45, 2.75) is 38.6 Å². The van der Waals surface area contributed by atoms with Crippen molar-refractivity contribution in [2.75, 3.05) is 18.4 Å². The molecule has 5 rings (SSSR count). The first-order valence-corrected chi connectivity index (χ1v) is 12.0. The Balaban J connectivity index is 1.43. The van der Waals surface area contributed by atoms with Crippen LogP contribution in [0.15, 0.2) is 54.7 Å². The Morgan fingerprint density at radius 1 is 1.09 bits per heavy atom. The summed E-state index contributed by atoms with van der Waals surface area (Å²) in [5.74, 6) is 1.24. The molecule has 7 nitrogen and oxygen atoms in total. The Labute approximate surface area is 205 Å². The summed E-state index contributed by atoms with van der Waals surface area (Å²) in [6, 6.07) is 15.8. The topological polar surface area (TPSA) is 87.2 Å². The van der Waals surface area contributed by atoms with Gasteiger partial charge in [0, 0.05) is 37.0 Å². The molecule has 1 aromatic carbocycles. The Morgan fingerprint density at radius 3 is 2.54 bits per heavy atom. The summed E-state index contributed by atoms with van der Waals surface area (Å²) in [6.07, 6.45) is 6.61. The molecule has 35 heavy (non-hydrogen) atoms. The lowest BCUT2D eigenvalue weighted by molar-refractivity contribution is -0.129. The van der Waals surface area contributed by atoms with Crippen molar-refractivity contribution in [3.8, 4) is 11.4 Å². The molecular weight excluding hydrogens is 438 g/mol. The molecule has 4 heterocycles. The largest absolute Gasteiger partial charge is 0.378 e. The first kappa shape index (κ1) is 22.8. The number of carbonyl (C=O) groups excluding carboxylic acids is 2. The summed E-state index contributed by atoms with van der Waals surface area (Å²) in [5.41, 5.74) is 6.40. The molecule has 1 fully saturated rings. The molecule has 2 aliphatic heterocycles. The van der Waals surface area contributed by atoms with Gasteiger partial charge in [-0.15, -0.1) is 0 Å². The van der Waals surface area contributed by atoms with Crippen LogP contribution in [0, 0.1) is 6.92 Å². The fourth-order valence-electron chi connectivity index (χ4n) is 4.89. The van der Waals surface area contributed by atoms with Gasteiger partial charge in [0.1, 0.15) is 18.1 Å². The molecular formula is C28H29N5O2. The van der Waals surface area contributed by atoms with Crippen molar-refractivity contribution >= 4 is 29.8 Å². The number of hydrogen-bond donors (Lipinski definition) is 2. The van der Waals surface area contributed by atoms with E-state index in [0.717, 1.165) is 66.1 Å². The number of carbonyl (C=O) groups is 2. The van der Waals surface area contributed by atoms with Crippen LogP contribution in [0.25, 0.3) is 17.5 Å². The zero-order valence-electron chi connectivity index (χ0n) is 20.0. The number of amides is 1. The number of piperidine rings is 1. The van der Waals surface area contributed by atoms with Crippen LogP contribution < -0.4 is 10.6 Å². The van der Waals surface area contributed by atoms with E-state index in [4.69, 9.17) is 4.98 Å². The zero-order valence-corrected chi connectivity index (χ0v) is 20.0. The number of fused-ring (bicyclic) bond motifs is 1. The van der Waals surface area contributed by atoms with E-state index in [1.807, 2.05) is 42.2 Å². The van der Waals surface area contributed by atoms with Gasteiger partial charge >= 0.3 is 0 Å². The summed E-state index contributed by atoms with van der Waals surface area (Å²) in [6.45, 7) is 5.21. The Kier molecular flexibility index (Phi) is 6.31. The highest BCUT2D eigenvalue weighted by Gasteiger charge is 2.24. The predicted octanol–water partition coefficient (Wildman–Crippen LogP) is 4.74. The van der Waals surface area contributed by atoms with Gasteiger partial charge in [-0.1, -0.05) is 18.2 Å². The monoisotopic (exact) mass is 467 g/mol. The van der Waals surface area contributed by atoms with Crippen molar-refractivity contribution in [3.63, 3.8) is 0 Å². The molecule has 0 spiro atoms. The zero-order chi connectivity index (χ0) is 24.4. The average Bonchev–Trinajstić information content (AvgIpc) is 2.88. The molecule has 1 amide bonds. The molecule has 2 N–H and O–H groups in total. The summed E-state index contributed by atoms with van der Waals surface area (Å²) < 4.78 is 0. The molecule has 2 aromatic heterocycles. The molecule has 178 valence electrons. The van der Waals surface area contributed by atoms with Gasteiger partial charge in [0.25, 0.3) is 0 Å². The number of nitrogens with one attached hydrogen (secondary N) is 2. The van der Waals surface area contributed by atoms with E-state index >= 15 is 0 Å². The van der Waals surface area contributed by atoms with E-state index in [9.17, 15) is 9.59 Å². The third-order valence-corrected chi connectivity index (χ3v) is 6.81. The minimum absolute atomic E-state index is 0.153. The number of aromatic nitrogens is 2. The molecule has 0 saturated carbocycles. The number of benzene rings is 1. The van der Waals surface area contributed by atoms with Crippen LogP contribution in [0.2, 0.25) is 0 Å². The smallest absolute Gasteiger partial charge is 0.219 e. The maximum atomic E-state index is 11.8. The Bertz CT molecular complexity index is 1280. The van der Waals surface area contributed by atoms with E-state index in [0.29, 0.717) is 11.7 Å². The maximum absolute atomic E-state index is 11.8. The summed E-state index contributed by atoms with van der Waals surface area (Å²) >= 11 is 0. The molecule has 0 radical (unpaired) electrons. The quantitative estimate of drug-likeness (QED) is 0.527. The molecule has 1 saturated heterocycles. The molecule has 1 atom stereocenters. The molecule has 0 aliphatic carbocycles. The van der Waals surface area contributed by atoms with Gasteiger partial charge in [-0.2, -0.15) is 0 Å². The number of likely N-dealkylation sites (tertiary alicyclic amines) is 1. The van der Waals surface area contributed by atoms with Crippen molar-refractivity contribution < 1.29 is 9.59 Å². The second-order valence-corrected chi connectivity index (χ2v) is 9.16. The molecule has 1 unspecified atom stereocenters. The van der Waals surface area contributed by atoms with Gasteiger partial charge in [0.2, 0.25) is 5.91 Å². The first-order chi connectivity index (χ1) is 17.0. The normalized spacial score (nSPS) is 17.4. The summed E-state index contributed by atoms with van der Waals surface area (Å²) in [4.78, 5) is 34.9. The first-order valence-electron chi connectivity index (χ1n) is 12.0. The summed E-state index contributed by atoms with van der Waals surface area (Å²) in [7, 11) is 0. The summed E-state index contributed by atoms with van der Waals surface area (Å²) in [5, 5.41) is 6.56. The van der Waals surface area contributed by atoms with Crippen LogP contribution in [-0.2, 0) is 9.59 Å². The van der Waals surface area contributed by atoms with Crippen LogP contribution in [0.4, 0.5) is 11.5 Å². The number of anilines is 2. The Hall–Kier alpha value is -4.00. The highest BCUT2D eigenvalue weighted by atomic mass is 16.2. The molecule has 2 aliphatic rings. The second-order valence-electron chi connectivity index (χ2n) is 9.16. The fourth-order valence-corrected chi connectivity index (χ4v) is 4.89. The minimum atomic E-state index is -0.477. The number of aryl methyl sites for hydroxylation is 1. The van der Waals surface area contributed by atoms with Gasteiger partial charge < -0.3 is 20.3 Å². The maximum Gasteiger partial charge on any atom is 0.219 e. The molecule has 0 bridgehead atoms. The molecule has 3 aromatic rings. The van der Waals surface area contributed by atoms with Gasteiger partial charge in [-0.25, -0.2) is 4.98 Å². The van der Waals surface area contributed by atoms with Crippen LogP contribution in [0.1, 0.15) is 54.1 Å². The molecule has 7 heteroatoms. The van der Waals surface area contributed by atoms with Crippen molar-refractivity contribution in [2.24, 2.45) is 0 Å². The van der Waals surface area contributed by atoms with E-state index in [-0.39, 0.29) is 5.91 Å². The minimum Gasteiger partial charge on any atom is -0.378 e. The lowest BCUT2D eigenvalue weighted by Gasteiger charge is -2.31. The number of hydrogen-bond acceptors (Lipinski definition) is 6. The van der Waals surface area contributed by atoms with Gasteiger partial charge in [-0.05, 0) is 79.4 Å². The van der Waals surface area contributed by atoms with Crippen LogP contribution in [0.5, 0.6) is 0 Å². The average molecular weight is 468 g/mol. The number of aldehydes is 1. The highest BCUT2D eigenvalue weighted by molar-refractivity contribution is 5.79. The number of nitrogens with zero attached hydrogens (tertiary/aromatic N) is 3. The van der Waals surface area contributed by atoms with E-state index in [1.54, 1.807) is 13.1 Å². The van der Waals surface area contributed by atoms with Crippen LogP contribution >= 0.6 is 0 Å². The van der Waals surface area contributed by atoms with Gasteiger partial charge in [0.15, 0.2) is 0 Å². The lowest BCUT2D eigenvalue weighted by atomic mass is 9.89. The van der Waals surface area contributed by atoms with E-state index in [2.05, 4.69) is 39.9 Å². The standard InChI is InChI=1S/C28H29N5O2/c1-18-4-3-5-24(30-18)25-16-22-10-13-29-26(17-34)27(22)28(32-25)31-23-8-6-20(7-9-23)21-11-14-33(15-12-21)19(2)35/h3-10,13,16-17,21,26,29H,11-12,14-15H2,1-2H3,(H,31,32). The third-order valence-electron chi connectivity index (χ3n) is 6.81. The lowest BCUT2D eigenvalue weighted by Crippen LogP contribution is -2.36. The van der Waals surface area contributed by atoms with E-state index < -0.39 is 6.04 Å². The highest BCUT2D eigenvalue weighted by Crippen LogP contribution is 2.34. The van der Waals surface area contributed by atoms with Crippen LogP contribution in [0.3, 0.4) is 0 Å². The van der Waals surface area contributed by atoms with Crippen LogP contribution in [-0.4, -0.2) is 40.2 Å². The number of rotatable bonds is 5. The van der Waals surface area contributed by atoms with Crippen molar-refractivity contribution in [3.05, 3.63) is 77.1 Å². The van der Waals surface area contributed by atoms with Gasteiger partial charge in [0.05, 0.1) is 11.4 Å². The fraction of sp³-hybridized carbons (Fsp3) is 0.286. The van der Waals surface area contributed by atoms with Crippen molar-refractivity contribution in [1.82, 2.24) is 20.2 Å². The Morgan fingerprint density at radius 2 is 1.86 bits per heavy atom. The van der Waals surface area contributed by atoms with E-state index in [1.165, 1.54) is 5.56 Å². The SMILES string of the molecule is CC(=O)N1CCC(c2ccc(Nc3nc(-c4cccc(C)n4)cc4c3C(C=O)NC=C4)cc2)CC1.